The smallest absolute Gasteiger partial charge is 0.407 e. The van der Waals surface area contributed by atoms with Crippen molar-refractivity contribution < 1.29 is 28.2 Å². The average Bonchev–Trinajstić information content (AvgIpc) is 2.54. The summed E-state index contributed by atoms with van der Waals surface area (Å²) in [7, 11) is 0. The fourth-order valence-corrected chi connectivity index (χ4v) is 3.62. The van der Waals surface area contributed by atoms with Crippen LogP contribution in [0.4, 0.5) is 13.6 Å². The van der Waals surface area contributed by atoms with Gasteiger partial charge < -0.3 is 19.6 Å². The second-order valence-electron chi connectivity index (χ2n) is 6.66. The molecule has 1 spiro atoms. The number of likely N-dealkylation sites (tertiary alicyclic amines) is 1. The van der Waals surface area contributed by atoms with E-state index in [-0.39, 0.29) is 19.2 Å². The zero-order valence-electron chi connectivity index (χ0n) is 13.9. The van der Waals surface area contributed by atoms with E-state index >= 15 is 0 Å². The standard InChI is InChI=1S/C17H20F2N2O4/c1-11-9-21(15(22)14-12(18)3-2-4-13(14)19)10-17(25-11)5-7-20(8-6-17)16(23)24/h2-4,11H,5-10H2,1H3,(H,23,24). The van der Waals surface area contributed by atoms with Crippen molar-refractivity contribution in [2.75, 3.05) is 26.2 Å². The largest absolute Gasteiger partial charge is 0.465 e. The summed E-state index contributed by atoms with van der Waals surface area (Å²) in [4.78, 5) is 26.4. The number of piperidine rings is 1. The van der Waals surface area contributed by atoms with Gasteiger partial charge in [-0.3, -0.25) is 4.79 Å². The SMILES string of the molecule is CC1CN(C(=O)c2c(F)cccc2F)CC2(CCN(C(=O)O)CC2)O1. The highest BCUT2D eigenvalue weighted by Gasteiger charge is 2.44. The Morgan fingerprint density at radius 3 is 2.36 bits per heavy atom. The number of hydrogen-bond donors (Lipinski definition) is 1. The van der Waals surface area contributed by atoms with Crippen molar-refractivity contribution in [1.29, 1.82) is 0 Å². The van der Waals surface area contributed by atoms with E-state index in [1.807, 2.05) is 0 Å². The average molecular weight is 354 g/mol. The van der Waals surface area contributed by atoms with Crippen molar-refractivity contribution in [3.63, 3.8) is 0 Å². The van der Waals surface area contributed by atoms with E-state index < -0.39 is 34.8 Å². The van der Waals surface area contributed by atoms with E-state index in [9.17, 15) is 18.4 Å². The molecule has 1 atom stereocenters. The Morgan fingerprint density at radius 1 is 1.20 bits per heavy atom. The molecule has 0 aromatic heterocycles. The highest BCUT2D eigenvalue weighted by molar-refractivity contribution is 5.95. The molecule has 136 valence electrons. The molecule has 3 rings (SSSR count). The summed E-state index contributed by atoms with van der Waals surface area (Å²) >= 11 is 0. The van der Waals surface area contributed by atoms with Crippen LogP contribution in [0.15, 0.2) is 18.2 Å². The van der Waals surface area contributed by atoms with E-state index in [1.165, 1.54) is 15.9 Å². The molecule has 0 radical (unpaired) electrons. The summed E-state index contributed by atoms with van der Waals surface area (Å²) in [6.07, 6.45) is -0.413. The molecule has 2 aliphatic rings. The van der Waals surface area contributed by atoms with Gasteiger partial charge in [0.2, 0.25) is 0 Å². The van der Waals surface area contributed by atoms with Gasteiger partial charge in [0.25, 0.3) is 5.91 Å². The molecule has 1 N–H and O–H groups in total. The second kappa shape index (κ2) is 6.59. The minimum Gasteiger partial charge on any atom is -0.465 e. The predicted octanol–water partition coefficient (Wildman–Crippen LogP) is 2.34. The lowest BCUT2D eigenvalue weighted by Crippen LogP contribution is -2.60. The van der Waals surface area contributed by atoms with Crippen molar-refractivity contribution in [3.05, 3.63) is 35.4 Å². The molecule has 2 aliphatic heterocycles. The first-order valence-electron chi connectivity index (χ1n) is 8.20. The molecule has 1 aromatic rings. The van der Waals surface area contributed by atoms with Gasteiger partial charge in [-0.1, -0.05) is 6.07 Å². The van der Waals surface area contributed by atoms with Crippen LogP contribution in [0.25, 0.3) is 0 Å². The predicted molar refractivity (Wildman–Crippen MR) is 84.4 cm³/mol. The summed E-state index contributed by atoms with van der Waals surface area (Å²) in [6, 6.07) is 3.33. The van der Waals surface area contributed by atoms with E-state index in [1.54, 1.807) is 6.92 Å². The van der Waals surface area contributed by atoms with Gasteiger partial charge in [-0.05, 0) is 31.9 Å². The Bertz CT molecular complexity index is 669. The summed E-state index contributed by atoms with van der Waals surface area (Å²) < 4.78 is 33.9. The Kier molecular flexibility index (Phi) is 4.64. The fourth-order valence-electron chi connectivity index (χ4n) is 3.62. The number of amides is 2. The number of halogens is 2. The van der Waals surface area contributed by atoms with Crippen LogP contribution in [0.3, 0.4) is 0 Å². The Morgan fingerprint density at radius 2 is 1.80 bits per heavy atom. The summed E-state index contributed by atoms with van der Waals surface area (Å²) in [5.41, 5.74) is -1.24. The van der Waals surface area contributed by atoms with Crippen LogP contribution >= 0.6 is 0 Å². The van der Waals surface area contributed by atoms with Crippen molar-refractivity contribution in [1.82, 2.24) is 9.80 Å². The Hall–Kier alpha value is -2.22. The van der Waals surface area contributed by atoms with Gasteiger partial charge in [-0.2, -0.15) is 0 Å². The van der Waals surface area contributed by atoms with Crippen LogP contribution in [0.1, 0.15) is 30.1 Å². The number of nitrogens with zero attached hydrogens (tertiary/aromatic N) is 2. The molecular weight excluding hydrogens is 334 g/mol. The first kappa shape index (κ1) is 17.6. The highest BCUT2D eigenvalue weighted by Crippen LogP contribution is 2.33. The summed E-state index contributed by atoms with van der Waals surface area (Å²) in [6.45, 7) is 2.83. The van der Waals surface area contributed by atoms with Gasteiger partial charge in [0.1, 0.15) is 17.2 Å². The third-order valence-electron chi connectivity index (χ3n) is 4.82. The topological polar surface area (TPSA) is 70.1 Å². The molecule has 0 aliphatic carbocycles. The molecule has 8 heteroatoms. The second-order valence-corrected chi connectivity index (χ2v) is 6.66. The molecule has 2 fully saturated rings. The van der Waals surface area contributed by atoms with E-state index in [4.69, 9.17) is 9.84 Å². The third-order valence-corrected chi connectivity index (χ3v) is 4.82. The minimum absolute atomic E-state index is 0.192. The molecule has 2 heterocycles. The molecular formula is C17H20F2N2O4. The van der Waals surface area contributed by atoms with E-state index in [0.29, 0.717) is 25.9 Å². The van der Waals surface area contributed by atoms with Crippen LogP contribution in [0.2, 0.25) is 0 Å². The van der Waals surface area contributed by atoms with Gasteiger partial charge >= 0.3 is 6.09 Å². The highest BCUT2D eigenvalue weighted by atomic mass is 19.1. The maximum absolute atomic E-state index is 13.9. The Balaban J connectivity index is 1.79. The molecule has 25 heavy (non-hydrogen) atoms. The third kappa shape index (κ3) is 3.44. The van der Waals surface area contributed by atoms with Crippen LogP contribution in [0.5, 0.6) is 0 Å². The van der Waals surface area contributed by atoms with Crippen LogP contribution in [-0.2, 0) is 4.74 Å². The van der Waals surface area contributed by atoms with Crippen molar-refractivity contribution in [3.8, 4) is 0 Å². The fraction of sp³-hybridized carbons (Fsp3) is 0.529. The number of hydrogen-bond acceptors (Lipinski definition) is 3. The maximum atomic E-state index is 13.9. The Labute approximate surface area is 144 Å². The van der Waals surface area contributed by atoms with Gasteiger partial charge in [0.05, 0.1) is 18.2 Å². The lowest BCUT2D eigenvalue weighted by atomic mass is 9.88. The maximum Gasteiger partial charge on any atom is 0.407 e. The number of carbonyl (C=O) groups is 2. The summed E-state index contributed by atoms with van der Waals surface area (Å²) in [5, 5.41) is 9.06. The lowest BCUT2D eigenvalue weighted by molar-refractivity contribution is -0.159. The quantitative estimate of drug-likeness (QED) is 0.840. The molecule has 0 saturated carbocycles. The summed E-state index contributed by atoms with van der Waals surface area (Å²) in [5.74, 6) is -2.48. The van der Waals surface area contributed by atoms with Gasteiger partial charge in [0.15, 0.2) is 0 Å². The molecule has 2 saturated heterocycles. The first-order chi connectivity index (χ1) is 11.8. The van der Waals surface area contributed by atoms with E-state index in [2.05, 4.69) is 0 Å². The number of benzene rings is 1. The van der Waals surface area contributed by atoms with Gasteiger partial charge in [-0.15, -0.1) is 0 Å². The zero-order chi connectivity index (χ0) is 18.2. The van der Waals surface area contributed by atoms with Crippen molar-refractivity contribution >= 4 is 12.0 Å². The molecule has 1 unspecified atom stereocenters. The molecule has 2 amide bonds. The van der Waals surface area contributed by atoms with Crippen molar-refractivity contribution in [2.45, 2.75) is 31.5 Å². The van der Waals surface area contributed by atoms with E-state index in [0.717, 1.165) is 12.1 Å². The first-order valence-corrected chi connectivity index (χ1v) is 8.20. The monoisotopic (exact) mass is 354 g/mol. The number of morpholine rings is 1. The zero-order valence-corrected chi connectivity index (χ0v) is 13.9. The van der Waals surface area contributed by atoms with Crippen LogP contribution < -0.4 is 0 Å². The van der Waals surface area contributed by atoms with Crippen molar-refractivity contribution in [2.24, 2.45) is 0 Å². The molecule has 0 bridgehead atoms. The lowest BCUT2D eigenvalue weighted by Gasteiger charge is -2.49. The minimum atomic E-state index is -0.986. The van der Waals surface area contributed by atoms with Crippen LogP contribution in [-0.4, -0.2) is 64.8 Å². The van der Waals surface area contributed by atoms with Gasteiger partial charge in [0, 0.05) is 19.6 Å². The number of ether oxygens (including phenoxy) is 1. The number of carboxylic acid groups (broad SMARTS) is 1. The number of rotatable bonds is 1. The normalized spacial score (nSPS) is 22.9. The molecule has 6 nitrogen and oxygen atoms in total. The molecule has 1 aromatic carbocycles. The van der Waals surface area contributed by atoms with Gasteiger partial charge in [-0.25, -0.2) is 13.6 Å². The van der Waals surface area contributed by atoms with Crippen LogP contribution in [0, 0.1) is 11.6 Å². The number of carbonyl (C=O) groups excluding carboxylic acids is 1.